The predicted molar refractivity (Wildman–Crippen MR) is 201 cm³/mol. The van der Waals surface area contributed by atoms with Gasteiger partial charge in [-0.3, -0.25) is 29.8 Å². The minimum absolute atomic E-state index is 0.0120. The van der Waals surface area contributed by atoms with Gasteiger partial charge in [0.1, 0.15) is 18.9 Å². The smallest absolute Gasteiger partial charge is 0.410 e. The number of amides is 4. The number of nitro benzene ring substituents is 2. The summed E-state index contributed by atoms with van der Waals surface area (Å²) in [5, 5.41) is 53.3. The molecule has 0 aliphatic carbocycles. The fraction of sp³-hybridized carbons (Fsp3) is 0.486. The van der Waals surface area contributed by atoms with Gasteiger partial charge in [-0.2, -0.15) is 0 Å². The van der Waals surface area contributed by atoms with Gasteiger partial charge in [0, 0.05) is 73.1 Å². The number of nitro groups is 2. The van der Waals surface area contributed by atoms with Crippen LogP contribution in [0.1, 0.15) is 37.8 Å². The first-order valence-electron chi connectivity index (χ1n) is 18.5. The molecule has 4 amide bonds. The lowest BCUT2D eigenvalue weighted by Crippen LogP contribution is -2.63. The molecule has 0 unspecified atom stereocenters. The molecular formula is C37H42N6O14S. The number of aliphatic hydroxyl groups is 2. The number of carbonyl (C=O) groups excluding carboxylic acids is 4. The molecule has 4 aliphatic heterocycles. The Morgan fingerprint density at radius 3 is 1.88 bits per heavy atom. The molecular weight excluding hydrogens is 785 g/mol. The van der Waals surface area contributed by atoms with E-state index in [2.05, 4.69) is 0 Å². The van der Waals surface area contributed by atoms with Gasteiger partial charge in [-0.25, -0.2) is 14.4 Å². The largest absolute Gasteiger partial charge is 0.477 e. The Morgan fingerprint density at radius 2 is 1.38 bits per heavy atom. The molecule has 0 aromatic heterocycles. The number of ether oxygens (including phenoxy) is 2. The van der Waals surface area contributed by atoms with Crippen molar-refractivity contribution < 1.29 is 58.6 Å². The lowest BCUT2D eigenvalue weighted by Gasteiger charge is -2.46. The fourth-order valence-electron chi connectivity index (χ4n) is 7.82. The Labute approximate surface area is 335 Å². The zero-order chi connectivity index (χ0) is 42.0. The highest BCUT2D eigenvalue weighted by Crippen LogP contribution is 2.52. The average molecular weight is 827 g/mol. The Balaban J connectivity index is 1.09. The molecule has 3 N–H and O–H groups in total. The highest BCUT2D eigenvalue weighted by molar-refractivity contribution is 8.03. The van der Waals surface area contributed by atoms with Crippen molar-refractivity contribution >= 4 is 53.1 Å². The number of thioether (sulfide) groups is 1. The van der Waals surface area contributed by atoms with Gasteiger partial charge in [0.2, 0.25) is 11.8 Å². The van der Waals surface area contributed by atoms with Crippen LogP contribution >= 0.6 is 11.8 Å². The van der Waals surface area contributed by atoms with Crippen LogP contribution in [0.3, 0.4) is 0 Å². The third kappa shape index (κ3) is 8.70. The molecule has 4 heterocycles. The van der Waals surface area contributed by atoms with E-state index in [9.17, 15) is 59.5 Å². The molecule has 4 aliphatic rings. The number of aliphatic carboxylic acids is 1. The summed E-state index contributed by atoms with van der Waals surface area (Å²) in [4.78, 5) is 91.7. The van der Waals surface area contributed by atoms with E-state index in [0.29, 0.717) is 16.0 Å². The summed E-state index contributed by atoms with van der Waals surface area (Å²) in [7, 11) is 0. The maximum atomic E-state index is 13.6. The first-order valence-corrected chi connectivity index (χ1v) is 19.4. The number of β-lactam (4-membered cyclic amide) rings is 1. The summed E-state index contributed by atoms with van der Waals surface area (Å²) >= 11 is 1.17. The molecule has 0 bridgehead atoms. The SMILES string of the molecule is C[C@@H](O)[C@H]1C(=O)N2C(C(=O)O)=C(S[C@H]3C[C@@H]([C@@H](O)CC(=O)N4CCN(C(=O)OCc5ccc([N+](=O)[O-])cc5)CC4)N(C(=O)OCc4ccc([N+](=O)[O-])cc4)C3)[C@H](C)[C@H]12. The van der Waals surface area contributed by atoms with E-state index in [1.807, 2.05) is 0 Å². The number of nitrogens with zero attached hydrogens (tertiary/aromatic N) is 6. The van der Waals surface area contributed by atoms with Crippen molar-refractivity contribution in [2.24, 2.45) is 11.8 Å². The molecule has 7 atom stereocenters. The molecule has 2 aromatic carbocycles. The number of carbonyl (C=O) groups is 5. The van der Waals surface area contributed by atoms with E-state index in [1.54, 1.807) is 6.92 Å². The molecule has 58 heavy (non-hydrogen) atoms. The van der Waals surface area contributed by atoms with Gasteiger partial charge in [-0.15, -0.1) is 11.8 Å². The van der Waals surface area contributed by atoms with Crippen molar-refractivity contribution in [3.05, 3.63) is 90.5 Å². The number of likely N-dealkylation sites (tertiary alicyclic amines) is 1. The first-order chi connectivity index (χ1) is 27.5. The number of hydrogen-bond donors (Lipinski definition) is 3. The van der Waals surface area contributed by atoms with Crippen molar-refractivity contribution in [1.29, 1.82) is 0 Å². The van der Waals surface area contributed by atoms with E-state index >= 15 is 0 Å². The Hall–Kier alpha value is -5.80. The number of carboxylic acid groups (broad SMARTS) is 1. The van der Waals surface area contributed by atoms with Crippen LogP contribution in [0.2, 0.25) is 0 Å². The van der Waals surface area contributed by atoms with Gasteiger partial charge in [-0.05, 0) is 48.7 Å². The van der Waals surface area contributed by atoms with E-state index in [4.69, 9.17) is 9.47 Å². The van der Waals surface area contributed by atoms with Crippen molar-refractivity contribution in [1.82, 2.24) is 19.6 Å². The first kappa shape index (κ1) is 41.8. The quantitative estimate of drug-likeness (QED) is 0.149. The van der Waals surface area contributed by atoms with Gasteiger partial charge >= 0.3 is 18.2 Å². The summed E-state index contributed by atoms with van der Waals surface area (Å²) in [6.07, 6.45) is -4.10. The topological polar surface area (TPSA) is 264 Å². The molecule has 2 aromatic rings. The van der Waals surface area contributed by atoms with Crippen LogP contribution in [0.15, 0.2) is 59.1 Å². The maximum Gasteiger partial charge on any atom is 0.410 e. The van der Waals surface area contributed by atoms with Crippen molar-refractivity contribution in [3.8, 4) is 0 Å². The Morgan fingerprint density at radius 1 is 0.862 bits per heavy atom. The lowest BCUT2D eigenvalue weighted by molar-refractivity contribution is -0.385. The highest BCUT2D eigenvalue weighted by Gasteiger charge is 2.60. The van der Waals surface area contributed by atoms with E-state index < -0.39 is 87.6 Å². The lowest BCUT2D eigenvalue weighted by atomic mass is 9.79. The average Bonchev–Trinajstić information content (AvgIpc) is 3.73. The van der Waals surface area contributed by atoms with Gasteiger partial charge in [-0.1, -0.05) is 6.92 Å². The molecule has 3 saturated heterocycles. The van der Waals surface area contributed by atoms with Crippen LogP contribution in [-0.2, 0) is 37.1 Å². The molecule has 21 heteroatoms. The van der Waals surface area contributed by atoms with Crippen LogP contribution < -0.4 is 0 Å². The van der Waals surface area contributed by atoms with Crippen LogP contribution in [0.4, 0.5) is 21.0 Å². The normalized spacial score (nSPS) is 23.9. The number of benzene rings is 2. The van der Waals surface area contributed by atoms with Gasteiger partial charge in [0.15, 0.2) is 0 Å². The van der Waals surface area contributed by atoms with Crippen LogP contribution in [0, 0.1) is 32.1 Å². The fourth-order valence-corrected chi connectivity index (χ4v) is 9.36. The second kappa shape index (κ2) is 17.4. The van der Waals surface area contributed by atoms with E-state index in [0.717, 1.165) is 0 Å². The second-order valence-corrected chi connectivity index (χ2v) is 15.9. The number of carboxylic acids is 1. The van der Waals surface area contributed by atoms with Crippen LogP contribution in [-0.4, -0.2) is 137 Å². The molecule has 3 fully saturated rings. The summed E-state index contributed by atoms with van der Waals surface area (Å²) in [5.41, 5.74) is 0.585. The maximum absolute atomic E-state index is 13.6. The second-order valence-electron chi connectivity index (χ2n) is 14.6. The summed E-state index contributed by atoms with van der Waals surface area (Å²) in [5.74, 6) is -3.46. The Kier molecular flexibility index (Phi) is 12.5. The molecule has 310 valence electrons. The van der Waals surface area contributed by atoms with Crippen molar-refractivity contribution in [3.63, 3.8) is 0 Å². The van der Waals surface area contributed by atoms with Crippen LogP contribution in [0.25, 0.3) is 0 Å². The number of rotatable bonds is 13. The van der Waals surface area contributed by atoms with E-state index in [1.165, 1.54) is 86.8 Å². The number of fused-ring (bicyclic) bond motifs is 1. The molecule has 0 radical (unpaired) electrons. The van der Waals surface area contributed by atoms with Crippen LogP contribution in [0.5, 0.6) is 0 Å². The minimum atomic E-state index is -1.38. The molecule has 6 rings (SSSR count). The zero-order valence-corrected chi connectivity index (χ0v) is 32.3. The van der Waals surface area contributed by atoms with E-state index in [-0.39, 0.29) is 69.4 Å². The third-order valence-electron chi connectivity index (χ3n) is 10.9. The third-order valence-corrected chi connectivity index (χ3v) is 12.4. The monoisotopic (exact) mass is 826 g/mol. The number of non-ortho nitro benzene ring substituents is 2. The van der Waals surface area contributed by atoms with Gasteiger partial charge in [0.05, 0.1) is 46.5 Å². The van der Waals surface area contributed by atoms with Crippen molar-refractivity contribution in [2.75, 3.05) is 32.7 Å². The Bertz CT molecular complexity index is 1990. The van der Waals surface area contributed by atoms with Crippen molar-refractivity contribution in [2.45, 2.75) is 69.4 Å². The summed E-state index contributed by atoms with van der Waals surface area (Å²) in [6.45, 7) is 3.42. The predicted octanol–water partition coefficient (Wildman–Crippen LogP) is 2.70. The summed E-state index contributed by atoms with van der Waals surface area (Å²) in [6, 6.07) is 9.47. The van der Waals surface area contributed by atoms with Gasteiger partial charge < -0.3 is 44.4 Å². The number of piperazine rings is 1. The minimum Gasteiger partial charge on any atom is -0.477 e. The zero-order valence-electron chi connectivity index (χ0n) is 31.4. The summed E-state index contributed by atoms with van der Waals surface area (Å²) < 4.78 is 10.9. The molecule has 0 saturated carbocycles. The van der Waals surface area contributed by atoms with Gasteiger partial charge in [0.25, 0.3) is 11.4 Å². The highest BCUT2D eigenvalue weighted by atomic mass is 32.2. The number of aliphatic hydroxyl groups excluding tert-OH is 2. The molecule has 0 spiro atoms. The number of hydrogen-bond acceptors (Lipinski definition) is 14. The standard InChI is InChI=1S/C37H42N6O14S/c1-20-31-30(21(2)44)34(47)41(31)32(35(48)49)33(20)58-26-15-27(40(17-26)37(51)57-19-23-5-9-25(10-6-23)43(54)55)28(45)16-29(46)38-11-13-39(14-12-38)36(50)56-18-22-3-7-24(8-4-22)42(52)53/h3-10,20-21,26-28,30-31,44-45H,11-19H2,1-2H3,(H,48,49)/t20-,21-,26+,27+,28+,30-,31-/m1/s1. The molecule has 20 nitrogen and oxygen atoms in total.